The number of hydrogen-bond acceptors (Lipinski definition) is 3. The minimum atomic E-state index is 0.578. The van der Waals surface area contributed by atoms with Gasteiger partial charge in [-0.15, -0.1) is 0 Å². The first-order chi connectivity index (χ1) is 11.7. The maximum Gasteiger partial charge on any atom is 0.191 e. The van der Waals surface area contributed by atoms with Gasteiger partial charge in [-0.2, -0.15) is 0 Å². The Bertz CT molecular complexity index is 363. The summed E-state index contributed by atoms with van der Waals surface area (Å²) in [7, 11) is 0. The van der Waals surface area contributed by atoms with Crippen molar-refractivity contribution in [2.45, 2.75) is 58.9 Å². The van der Waals surface area contributed by atoms with Crippen molar-refractivity contribution in [3.8, 4) is 0 Å². The first-order valence-corrected chi connectivity index (χ1v) is 10.2. The van der Waals surface area contributed by atoms with Crippen LogP contribution in [0, 0.1) is 5.92 Å². The molecule has 0 aromatic carbocycles. The predicted octanol–water partition coefficient (Wildman–Crippen LogP) is 2.15. The Labute approximate surface area is 149 Å². The lowest BCUT2D eigenvalue weighted by Gasteiger charge is -2.33. The zero-order valence-electron chi connectivity index (χ0n) is 16.2. The van der Waals surface area contributed by atoms with Crippen molar-refractivity contribution in [3.05, 3.63) is 0 Å². The highest BCUT2D eigenvalue weighted by Gasteiger charge is 2.21. The molecule has 140 valence electrons. The number of rotatable bonds is 7. The highest BCUT2D eigenvalue weighted by atomic mass is 15.2. The number of likely N-dealkylation sites (tertiary alicyclic amines) is 2. The summed E-state index contributed by atoms with van der Waals surface area (Å²) >= 11 is 0. The molecule has 0 aliphatic carbocycles. The van der Waals surface area contributed by atoms with E-state index in [9.17, 15) is 0 Å². The quantitative estimate of drug-likeness (QED) is 0.552. The molecular weight excluding hydrogens is 298 g/mol. The fourth-order valence-electron chi connectivity index (χ4n) is 3.94. The van der Waals surface area contributed by atoms with Crippen LogP contribution < -0.4 is 10.6 Å². The fraction of sp³-hybridized carbons (Fsp3) is 0.947. The van der Waals surface area contributed by atoms with E-state index in [1.54, 1.807) is 0 Å². The van der Waals surface area contributed by atoms with Crippen molar-refractivity contribution >= 4 is 5.96 Å². The van der Waals surface area contributed by atoms with Gasteiger partial charge in [0.2, 0.25) is 0 Å². The van der Waals surface area contributed by atoms with Gasteiger partial charge in [0.1, 0.15) is 0 Å². The molecule has 0 aromatic rings. The third-order valence-electron chi connectivity index (χ3n) is 5.37. The fourth-order valence-corrected chi connectivity index (χ4v) is 3.94. The minimum Gasteiger partial charge on any atom is -0.357 e. The molecular formula is C19H39N5. The van der Waals surface area contributed by atoms with Gasteiger partial charge in [0.25, 0.3) is 0 Å². The van der Waals surface area contributed by atoms with Crippen LogP contribution in [0.1, 0.15) is 52.9 Å². The molecule has 5 heteroatoms. The molecule has 1 atom stereocenters. The van der Waals surface area contributed by atoms with Crippen LogP contribution in [0.25, 0.3) is 0 Å². The van der Waals surface area contributed by atoms with Crippen molar-refractivity contribution < 1.29 is 0 Å². The first-order valence-electron chi connectivity index (χ1n) is 10.2. The molecule has 2 N–H and O–H groups in total. The van der Waals surface area contributed by atoms with Gasteiger partial charge in [-0.1, -0.05) is 13.8 Å². The van der Waals surface area contributed by atoms with E-state index in [0.29, 0.717) is 6.04 Å². The number of hydrogen-bond donors (Lipinski definition) is 2. The average molecular weight is 338 g/mol. The Balaban J connectivity index is 1.78. The van der Waals surface area contributed by atoms with Crippen LogP contribution in [0.4, 0.5) is 0 Å². The SMILES string of the molecule is CCCN1CCC(NC(=NCC2CCCN(CC)C2)NCC)CC1. The molecule has 2 aliphatic heterocycles. The van der Waals surface area contributed by atoms with Crippen LogP contribution in [-0.2, 0) is 0 Å². The van der Waals surface area contributed by atoms with Gasteiger partial charge >= 0.3 is 0 Å². The van der Waals surface area contributed by atoms with Crippen molar-refractivity contribution in [1.82, 2.24) is 20.4 Å². The van der Waals surface area contributed by atoms with E-state index < -0.39 is 0 Å². The van der Waals surface area contributed by atoms with E-state index in [1.165, 1.54) is 71.4 Å². The highest BCUT2D eigenvalue weighted by Crippen LogP contribution is 2.16. The molecule has 2 saturated heterocycles. The summed E-state index contributed by atoms with van der Waals surface area (Å²) < 4.78 is 0. The second-order valence-corrected chi connectivity index (χ2v) is 7.38. The van der Waals surface area contributed by atoms with Crippen LogP contribution in [0.5, 0.6) is 0 Å². The Hall–Kier alpha value is -0.810. The molecule has 24 heavy (non-hydrogen) atoms. The molecule has 2 aliphatic rings. The largest absolute Gasteiger partial charge is 0.357 e. The molecule has 0 amide bonds. The Morgan fingerprint density at radius 2 is 1.83 bits per heavy atom. The van der Waals surface area contributed by atoms with E-state index in [-0.39, 0.29) is 0 Å². The third kappa shape index (κ3) is 6.60. The van der Waals surface area contributed by atoms with Crippen molar-refractivity contribution in [1.29, 1.82) is 0 Å². The van der Waals surface area contributed by atoms with E-state index in [2.05, 4.69) is 41.2 Å². The number of aliphatic imine (C=N–C) groups is 1. The lowest BCUT2D eigenvalue weighted by Crippen LogP contribution is -2.49. The topological polar surface area (TPSA) is 42.9 Å². The number of nitrogens with one attached hydrogen (secondary N) is 2. The molecule has 5 nitrogen and oxygen atoms in total. The average Bonchev–Trinajstić information content (AvgIpc) is 2.62. The molecule has 0 spiro atoms. The monoisotopic (exact) mass is 337 g/mol. The zero-order valence-corrected chi connectivity index (χ0v) is 16.2. The van der Waals surface area contributed by atoms with Crippen molar-refractivity contribution in [3.63, 3.8) is 0 Å². The van der Waals surface area contributed by atoms with Gasteiger partial charge in [0.15, 0.2) is 5.96 Å². The van der Waals surface area contributed by atoms with E-state index in [0.717, 1.165) is 25.0 Å². The summed E-state index contributed by atoms with van der Waals surface area (Å²) in [5.41, 5.74) is 0. The lowest BCUT2D eigenvalue weighted by molar-refractivity contribution is 0.186. The minimum absolute atomic E-state index is 0.578. The number of nitrogens with zero attached hydrogens (tertiary/aromatic N) is 3. The predicted molar refractivity (Wildman–Crippen MR) is 104 cm³/mol. The summed E-state index contributed by atoms with van der Waals surface area (Å²) in [5, 5.41) is 7.13. The van der Waals surface area contributed by atoms with Crippen LogP contribution in [0.2, 0.25) is 0 Å². The smallest absolute Gasteiger partial charge is 0.191 e. The Kier molecular flexibility index (Phi) is 8.89. The number of piperidine rings is 2. The summed E-state index contributed by atoms with van der Waals surface area (Å²) in [4.78, 5) is 10.1. The zero-order chi connectivity index (χ0) is 17.2. The van der Waals surface area contributed by atoms with Gasteiger partial charge in [-0.3, -0.25) is 4.99 Å². The van der Waals surface area contributed by atoms with Crippen LogP contribution in [0.15, 0.2) is 4.99 Å². The van der Waals surface area contributed by atoms with Crippen LogP contribution >= 0.6 is 0 Å². The number of guanidine groups is 1. The van der Waals surface area contributed by atoms with Gasteiger partial charge in [-0.05, 0) is 64.6 Å². The van der Waals surface area contributed by atoms with E-state index >= 15 is 0 Å². The van der Waals surface area contributed by atoms with E-state index in [1.807, 2.05) is 0 Å². The van der Waals surface area contributed by atoms with Gasteiger partial charge in [0.05, 0.1) is 0 Å². The summed E-state index contributed by atoms with van der Waals surface area (Å²) in [6, 6.07) is 0.578. The van der Waals surface area contributed by atoms with Gasteiger partial charge in [0, 0.05) is 38.8 Å². The Morgan fingerprint density at radius 3 is 2.50 bits per heavy atom. The summed E-state index contributed by atoms with van der Waals surface area (Å²) in [6.07, 6.45) is 6.38. The lowest BCUT2D eigenvalue weighted by atomic mass is 9.98. The normalized spacial score (nSPS) is 25.0. The molecule has 1 unspecified atom stereocenters. The maximum atomic E-state index is 4.91. The van der Waals surface area contributed by atoms with Gasteiger partial charge in [-0.25, -0.2) is 0 Å². The third-order valence-corrected chi connectivity index (χ3v) is 5.37. The van der Waals surface area contributed by atoms with Crippen LogP contribution in [0.3, 0.4) is 0 Å². The highest BCUT2D eigenvalue weighted by molar-refractivity contribution is 5.80. The molecule has 0 bridgehead atoms. The molecule has 0 radical (unpaired) electrons. The molecule has 0 aromatic heterocycles. The second-order valence-electron chi connectivity index (χ2n) is 7.38. The Morgan fingerprint density at radius 1 is 1.04 bits per heavy atom. The van der Waals surface area contributed by atoms with Crippen molar-refractivity contribution in [2.75, 3.05) is 52.4 Å². The molecule has 0 saturated carbocycles. The molecule has 2 fully saturated rings. The van der Waals surface area contributed by atoms with Crippen molar-refractivity contribution in [2.24, 2.45) is 10.9 Å². The molecule has 2 heterocycles. The summed E-state index contributed by atoms with van der Waals surface area (Å²) in [5.74, 6) is 1.75. The second kappa shape index (κ2) is 10.9. The maximum absolute atomic E-state index is 4.91. The van der Waals surface area contributed by atoms with E-state index in [4.69, 9.17) is 4.99 Å². The van der Waals surface area contributed by atoms with Crippen LogP contribution in [-0.4, -0.2) is 74.2 Å². The first kappa shape index (κ1) is 19.5. The summed E-state index contributed by atoms with van der Waals surface area (Å²) in [6.45, 7) is 15.9. The standard InChI is InChI=1S/C19H39N5/c1-4-11-24-13-9-18(10-14-24)22-19(20-5-2)21-15-17-8-7-12-23(6-3)16-17/h17-18H,4-16H2,1-3H3,(H2,20,21,22). The molecule has 2 rings (SSSR count). The van der Waals surface area contributed by atoms with Gasteiger partial charge < -0.3 is 20.4 Å².